The minimum absolute atomic E-state index is 0.0130. The minimum atomic E-state index is -1.06. The Morgan fingerprint density at radius 3 is 2.58 bits per heavy atom. The Morgan fingerprint density at radius 2 is 1.94 bits per heavy atom. The highest BCUT2D eigenvalue weighted by Gasteiger charge is 2.52. The number of aromatic hydroxyl groups is 2. The van der Waals surface area contributed by atoms with E-state index in [0.717, 1.165) is 12.8 Å². The molecule has 0 saturated carbocycles. The molecule has 0 aliphatic carbocycles. The van der Waals surface area contributed by atoms with Gasteiger partial charge in [0.15, 0.2) is 11.5 Å². The number of aliphatic hydroxyl groups excluding tert-OH is 3. The number of benzene rings is 1. The number of hydrogen-bond acceptors (Lipinski definition) is 10. The third-order valence-corrected chi connectivity index (χ3v) is 6.79. The number of phenolic OH excluding ortho intramolecular Hbond substituents is 2. The van der Waals surface area contributed by atoms with E-state index in [1.807, 2.05) is 4.90 Å². The molecule has 0 spiro atoms. The van der Waals surface area contributed by atoms with E-state index in [9.17, 15) is 30.3 Å². The summed E-state index contributed by atoms with van der Waals surface area (Å²) in [5.74, 6) is -2.31. The van der Waals surface area contributed by atoms with Crippen molar-refractivity contribution < 1.29 is 44.5 Å². The lowest BCUT2D eigenvalue weighted by Crippen LogP contribution is -2.54. The van der Waals surface area contributed by atoms with Crippen LogP contribution in [0, 0.1) is 5.92 Å². The Balaban J connectivity index is 1.86. The molecular formula is C21H29NO9. The molecule has 0 aromatic heterocycles. The molecule has 6 unspecified atom stereocenters. The summed E-state index contributed by atoms with van der Waals surface area (Å²) in [7, 11) is 1.29. The highest BCUT2D eigenvalue weighted by Crippen LogP contribution is 2.53. The van der Waals surface area contributed by atoms with Gasteiger partial charge < -0.3 is 39.7 Å². The van der Waals surface area contributed by atoms with Gasteiger partial charge in [-0.3, -0.25) is 4.90 Å². The number of rotatable bonds is 5. The van der Waals surface area contributed by atoms with E-state index in [4.69, 9.17) is 14.2 Å². The Labute approximate surface area is 179 Å². The Hall–Kier alpha value is -2.11. The van der Waals surface area contributed by atoms with Crippen molar-refractivity contribution in [3.8, 4) is 17.2 Å². The summed E-state index contributed by atoms with van der Waals surface area (Å²) in [6, 6.07) is -0.109. The van der Waals surface area contributed by atoms with Crippen molar-refractivity contribution >= 4 is 5.97 Å². The van der Waals surface area contributed by atoms with Gasteiger partial charge in [0.25, 0.3) is 0 Å². The van der Waals surface area contributed by atoms with Crippen molar-refractivity contribution in [1.82, 2.24) is 4.90 Å². The van der Waals surface area contributed by atoms with Crippen LogP contribution in [0.4, 0.5) is 0 Å². The molecule has 31 heavy (non-hydrogen) atoms. The fraction of sp³-hybridized carbons (Fsp3) is 0.667. The largest absolute Gasteiger partial charge is 0.504 e. The number of carbonyl (C=O) groups excluding carboxylic acids is 1. The number of phenols is 2. The third-order valence-electron chi connectivity index (χ3n) is 6.79. The van der Waals surface area contributed by atoms with Crippen molar-refractivity contribution in [2.24, 2.45) is 5.92 Å². The number of methoxy groups -OCH3 is 1. The number of aliphatic hydroxyl groups is 3. The second-order valence-corrected chi connectivity index (χ2v) is 8.44. The molecule has 10 heteroatoms. The van der Waals surface area contributed by atoms with Crippen LogP contribution in [0.2, 0.25) is 0 Å². The molecule has 1 aromatic rings. The van der Waals surface area contributed by atoms with Crippen molar-refractivity contribution in [1.29, 1.82) is 0 Å². The van der Waals surface area contributed by atoms with Crippen molar-refractivity contribution in [3.05, 3.63) is 16.7 Å². The van der Waals surface area contributed by atoms with Crippen LogP contribution in [-0.2, 0) is 16.0 Å². The van der Waals surface area contributed by atoms with Crippen LogP contribution in [0.15, 0.2) is 0 Å². The number of likely N-dealkylation sites (tertiary alicyclic amines) is 1. The standard InChI is InChI=1S/C21H29NO9/c1-9-15(25)12(8-24)30-19-14-13(21(28)31-18(9)19)11(16(26)20(29-2)17(14)27)6-22-5-3-4-10(22)7-23/h9-10,12,15,18-19,23-27H,3-8H2,1-2H3. The maximum absolute atomic E-state index is 13.1. The topological polar surface area (TPSA) is 149 Å². The molecule has 3 aliphatic rings. The zero-order valence-corrected chi connectivity index (χ0v) is 17.5. The van der Waals surface area contributed by atoms with E-state index in [-0.39, 0.29) is 47.4 Å². The number of nitrogens with zero attached hydrogens (tertiary/aromatic N) is 1. The van der Waals surface area contributed by atoms with Gasteiger partial charge in [-0.05, 0) is 19.4 Å². The minimum Gasteiger partial charge on any atom is -0.504 e. The van der Waals surface area contributed by atoms with Crippen LogP contribution in [-0.4, -0.2) is 87.6 Å². The van der Waals surface area contributed by atoms with Crippen LogP contribution >= 0.6 is 0 Å². The average molecular weight is 439 g/mol. The highest BCUT2D eigenvalue weighted by molar-refractivity contribution is 5.97. The van der Waals surface area contributed by atoms with Crippen molar-refractivity contribution in [2.75, 3.05) is 26.9 Å². The number of carbonyl (C=O) groups is 1. The Kier molecular flexibility index (Phi) is 6.01. The van der Waals surface area contributed by atoms with E-state index >= 15 is 0 Å². The number of ether oxygens (including phenoxy) is 3. The molecular weight excluding hydrogens is 410 g/mol. The molecule has 6 atom stereocenters. The summed E-state index contributed by atoms with van der Waals surface area (Å²) >= 11 is 0. The van der Waals surface area contributed by atoms with Gasteiger partial charge in [0.1, 0.15) is 18.3 Å². The summed E-state index contributed by atoms with van der Waals surface area (Å²) in [5.41, 5.74) is 0.320. The molecule has 3 heterocycles. The normalized spacial score (nSPS) is 33.0. The SMILES string of the molecule is COc1c(O)c(CN2CCCC2CO)c2c(c1O)C1OC(CO)C(O)C(C)C1OC2=O. The second-order valence-electron chi connectivity index (χ2n) is 8.44. The van der Waals surface area contributed by atoms with Gasteiger partial charge in [0.05, 0.1) is 32.0 Å². The molecule has 172 valence electrons. The highest BCUT2D eigenvalue weighted by atomic mass is 16.6. The maximum Gasteiger partial charge on any atom is 0.339 e. The number of esters is 1. The molecule has 4 rings (SSSR count). The van der Waals surface area contributed by atoms with E-state index < -0.39 is 48.7 Å². The Bertz CT molecular complexity index is 860. The van der Waals surface area contributed by atoms with Crippen LogP contribution in [0.5, 0.6) is 17.2 Å². The van der Waals surface area contributed by atoms with Gasteiger partial charge in [-0.1, -0.05) is 6.92 Å². The van der Waals surface area contributed by atoms with Crippen LogP contribution in [0.3, 0.4) is 0 Å². The number of fused-ring (bicyclic) bond motifs is 3. The first-order valence-electron chi connectivity index (χ1n) is 10.5. The summed E-state index contributed by atoms with van der Waals surface area (Å²) < 4.78 is 16.7. The van der Waals surface area contributed by atoms with Gasteiger partial charge in [0.2, 0.25) is 5.75 Å². The second kappa shape index (κ2) is 8.44. The lowest BCUT2D eigenvalue weighted by molar-refractivity contribution is -0.212. The molecule has 5 N–H and O–H groups in total. The maximum atomic E-state index is 13.1. The van der Waals surface area contributed by atoms with Gasteiger partial charge in [-0.25, -0.2) is 4.79 Å². The summed E-state index contributed by atoms with van der Waals surface area (Å²) in [6.45, 7) is 1.99. The molecule has 0 radical (unpaired) electrons. The van der Waals surface area contributed by atoms with Crippen LogP contribution in [0.25, 0.3) is 0 Å². The predicted octanol–water partition coefficient (Wildman–Crippen LogP) is 0.0313. The van der Waals surface area contributed by atoms with Crippen molar-refractivity contribution in [3.63, 3.8) is 0 Å². The smallest absolute Gasteiger partial charge is 0.339 e. The summed E-state index contributed by atoms with van der Waals surface area (Å²) in [6.07, 6.45) is -2.17. The van der Waals surface area contributed by atoms with Crippen molar-refractivity contribution in [2.45, 2.75) is 56.8 Å². The zero-order valence-electron chi connectivity index (χ0n) is 17.5. The van der Waals surface area contributed by atoms with E-state index in [1.165, 1.54) is 7.11 Å². The zero-order chi connectivity index (χ0) is 22.4. The molecule has 10 nitrogen and oxygen atoms in total. The van der Waals surface area contributed by atoms with Gasteiger partial charge >= 0.3 is 5.97 Å². The summed E-state index contributed by atoms with van der Waals surface area (Å²) in [4.78, 5) is 15.0. The first kappa shape index (κ1) is 22.1. The quantitative estimate of drug-likeness (QED) is 0.398. The van der Waals surface area contributed by atoms with E-state index in [2.05, 4.69) is 0 Å². The molecule has 1 aromatic carbocycles. The lowest BCUT2D eigenvalue weighted by atomic mass is 9.80. The van der Waals surface area contributed by atoms with Crippen LogP contribution in [0.1, 0.15) is 47.4 Å². The van der Waals surface area contributed by atoms with Gasteiger partial charge in [-0.2, -0.15) is 0 Å². The molecule has 2 saturated heterocycles. The first-order valence-corrected chi connectivity index (χ1v) is 10.5. The molecule has 3 aliphatic heterocycles. The van der Waals surface area contributed by atoms with Gasteiger partial charge in [-0.15, -0.1) is 0 Å². The molecule has 0 amide bonds. The third kappa shape index (κ3) is 3.42. The molecule has 2 fully saturated rings. The fourth-order valence-electron chi connectivity index (χ4n) is 5.03. The molecule has 0 bridgehead atoms. The summed E-state index contributed by atoms with van der Waals surface area (Å²) in [5, 5.41) is 51.4. The van der Waals surface area contributed by atoms with Crippen LogP contribution < -0.4 is 4.74 Å². The predicted molar refractivity (Wildman–Crippen MR) is 106 cm³/mol. The average Bonchev–Trinajstić information content (AvgIpc) is 3.21. The monoisotopic (exact) mass is 439 g/mol. The first-order chi connectivity index (χ1) is 14.8. The van der Waals surface area contributed by atoms with E-state index in [0.29, 0.717) is 6.54 Å². The lowest BCUT2D eigenvalue weighted by Gasteiger charge is -2.46. The van der Waals surface area contributed by atoms with Gasteiger partial charge in [0, 0.05) is 29.6 Å². The Morgan fingerprint density at radius 1 is 1.19 bits per heavy atom. The fourth-order valence-corrected chi connectivity index (χ4v) is 5.03. The number of hydrogen-bond donors (Lipinski definition) is 5. The van der Waals surface area contributed by atoms with E-state index in [1.54, 1.807) is 6.92 Å².